The highest BCUT2D eigenvalue weighted by Crippen LogP contribution is 2.20. The number of hydrogen-bond acceptors (Lipinski definition) is 2. The number of halogens is 3. The number of benzene rings is 2. The van der Waals surface area contributed by atoms with E-state index < -0.39 is 0 Å². The molecule has 0 radical (unpaired) electrons. The number of rotatable bonds is 4. The summed E-state index contributed by atoms with van der Waals surface area (Å²) in [5.41, 5.74) is 1.88. The zero-order chi connectivity index (χ0) is 17.8. The van der Waals surface area contributed by atoms with Gasteiger partial charge >= 0.3 is 0 Å². The van der Waals surface area contributed by atoms with Gasteiger partial charge in [-0.15, -0.1) is 0 Å². The summed E-state index contributed by atoms with van der Waals surface area (Å²) in [5.74, 6) is -0.363. The van der Waals surface area contributed by atoms with Gasteiger partial charge in [0, 0.05) is 27.5 Å². The highest BCUT2D eigenvalue weighted by atomic mass is 35.5. The van der Waals surface area contributed by atoms with Crippen LogP contribution in [0, 0.1) is 5.82 Å². The van der Waals surface area contributed by atoms with Crippen molar-refractivity contribution >= 4 is 51.9 Å². The molecule has 0 saturated carbocycles. The summed E-state index contributed by atoms with van der Waals surface area (Å²) in [4.78, 5) is 0. The molecule has 0 saturated heterocycles. The lowest BCUT2D eigenvalue weighted by atomic mass is 10.2. The van der Waals surface area contributed by atoms with E-state index in [4.69, 9.17) is 35.4 Å². The highest BCUT2D eigenvalue weighted by molar-refractivity contribution is 7.80. The summed E-state index contributed by atoms with van der Waals surface area (Å²) in [7, 11) is 0. The van der Waals surface area contributed by atoms with Gasteiger partial charge in [-0.05, 0) is 48.6 Å². The predicted octanol–water partition coefficient (Wildman–Crippen LogP) is 5.19. The van der Waals surface area contributed by atoms with Crippen molar-refractivity contribution in [2.75, 3.05) is 10.6 Å². The Kier molecular flexibility index (Phi) is 5.53. The SMILES string of the molecule is Fc1cccc(Cl)c1Cn1cc(NC(=S)Nc2ccc(Cl)cc2)cn1. The molecule has 2 N–H and O–H groups in total. The molecule has 4 nitrogen and oxygen atoms in total. The van der Waals surface area contributed by atoms with Crippen molar-refractivity contribution in [2.45, 2.75) is 6.54 Å². The lowest BCUT2D eigenvalue weighted by Crippen LogP contribution is -2.18. The van der Waals surface area contributed by atoms with Gasteiger partial charge in [-0.25, -0.2) is 4.39 Å². The molecule has 0 fully saturated rings. The summed E-state index contributed by atoms with van der Waals surface area (Å²) in [6.45, 7) is 0.227. The van der Waals surface area contributed by atoms with E-state index in [0.717, 1.165) is 5.69 Å². The quantitative estimate of drug-likeness (QED) is 0.597. The molecule has 0 spiro atoms. The standard InChI is InChI=1S/C17H13Cl2FN4S/c18-11-4-6-12(7-5-11)22-17(25)23-13-8-21-24(9-13)10-14-15(19)2-1-3-16(14)20/h1-9H,10H2,(H2,22,23,25). The maximum Gasteiger partial charge on any atom is 0.175 e. The van der Waals surface area contributed by atoms with E-state index in [1.54, 1.807) is 41.3 Å². The fraction of sp³-hybridized carbons (Fsp3) is 0.0588. The van der Waals surface area contributed by atoms with Crippen LogP contribution in [0.1, 0.15) is 5.56 Å². The first-order valence-electron chi connectivity index (χ1n) is 7.30. The topological polar surface area (TPSA) is 41.9 Å². The molecule has 1 aromatic heterocycles. The van der Waals surface area contributed by atoms with E-state index in [-0.39, 0.29) is 12.4 Å². The van der Waals surface area contributed by atoms with Crippen LogP contribution in [0.2, 0.25) is 10.0 Å². The van der Waals surface area contributed by atoms with Crippen LogP contribution in [-0.2, 0) is 6.54 Å². The normalized spacial score (nSPS) is 10.5. The van der Waals surface area contributed by atoms with E-state index in [9.17, 15) is 4.39 Å². The molecule has 1 heterocycles. The zero-order valence-electron chi connectivity index (χ0n) is 12.8. The van der Waals surface area contributed by atoms with E-state index in [2.05, 4.69) is 15.7 Å². The smallest absolute Gasteiger partial charge is 0.175 e. The molecular weight excluding hydrogens is 382 g/mol. The number of aromatic nitrogens is 2. The molecule has 3 rings (SSSR count). The minimum atomic E-state index is -0.363. The van der Waals surface area contributed by atoms with Gasteiger partial charge in [-0.1, -0.05) is 29.3 Å². The Labute approximate surface area is 159 Å². The van der Waals surface area contributed by atoms with Crippen molar-refractivity contribution in [2.24, 2.45) is 0 Å². The number of nitrogens with zero attached hydrogens (tertiary/aromatic N) is 2. The van der Waals surface area contributed by atoms with Crippen LogP contribution in [-0.4, -0.2) is 14.9 Å². The second-order valence-corrected chi connectivity index (χ2v) is 6.46. The van der Waals surface area contributed by atoms with Gasteiger partial charge in [0.1, 0.15) is 5.82 Å². The fourth-order valence-corrected chi connectivity index (χ4v) is 2.77. The summed E-state index contributed by atoms with van der Waals surface area (Å²) < 4.78 is 15.4. The summed E-state index contributed by atoms with van der Waals surface area (Å²) in [6.07, 6.45) is 3.32. The average molecular weight is 395 g/mol. The fourth-order valence-electron chi connectivity index (χ4n) is 2.19. The third-order valence-corrected chi connectivity index (χ3v) is 4.19. The van der Waals surface area contributed by atoms with Gasteiger partial charge < -0.3 is 10.6 Å². The number of nitrogens with one attached hydrogen (secondary N) is 2. The monoisotopic (exact) mass is 394 g/mol. The van der Waals surface area contributed by atoms with Gasteiger partial charge in [0.25, 0.3) is 0 Å². The number of hydrogen-bond donors (Lipinski definition) is 2. The first-order valence-corrected chi connectivity index (χ1v) is 8.46. The van der Waals surface area contributed by atoms with E-state index in [1.165, 1.54) is 6.07 Å². The molecule has 0 atom stereocenters. The number of anilines is 2. The van der Waals surface area contributed by atoms with Gasteiger partial charge in [0.15, 0.2) is 5.11 Å². The van der Waals surface area contributed by atoms with Gasteiger partial charge in [0.2, 0.25) is 0 Å². The third kappa shape index (κ3) is 4.69. The molecule has 0 aliphatic rings. The van der Waals surface area contributed by atoms with Crippen molar-refractivity contribution in [1.29, 1.82) is 0 Å². The molecule has 0 bridgehead atoms. The molecule has 25 heavy (non-hydrogen) atoms. The lowest BCUT2D eigenvalue weighted by Gasteiger charge is -2.09. The second kappa shape index (κ2) is 7.82. The lowest BCUT2D eigenvalue weighted by molar-refractivity contribution is 0.585. The van der Waals surface area contributed by atoms with Crippen molar-refractivity contribution in [1.82, 2.24) is 9.78 Å². The molecule has 128 valence electrons. The minimum Gasteiger partial charge on any atom is -0.332 e. The first kappa shape index (κ1) is 17.7. The molecule has 0 amide bonds. The summed E-state index contributed by atoms with van der Waals surface area (Å²) in [6, 6.07) is 11.8. The van der Waals surface area contributed by atoms with E-state index in [1.807, 2.05) is 12.1 Å². The van der Waals surface area contributed by atoms with Gasteiger partial charge in [-0.2, -0.15) is 5.10 Å². The second-order valence-electron chi connectivity index (χ2n) is 5.21. The van der Waals surface area contributed by atoms with E-state index in [0.29, 0.717) is 26.4 Å². The minimum absolute atomic E-state index is 0.227. The molecule has 0 unspecified atom stereocenters. The molecule has 0 aliphatic carbocycles. The molecule has 0 aliphatic heterocycles. The van der Waals surface area contributed by atoms with Gasteiger partial charge in [0.05, 0.1) is 18.4 Å². The van der Waals surface area contributed by atoms with Crippen LogP contribution in [0.15, 0.2) is 54.9 Å². The highest BCUT2D eigenvalue weighted by Gasteiger charge is 2.09. The Morgan fingerprint density at radius 3 is 2.52 bits per heavy atom. The third-order valence-electron chi connectivity index (χ3n) is 3.38. The van der Waals surface area contributed by atoms with Crippen LogP contribution < -0.4 is 10.6 Å². The Morgan fingerprint density at radius 1 is 1.08 bits per heavy atom. The first-order chi connectivity index (χ1) is 12.0. The van der Waals surface area contributed by atoms with Gasteiger partial charge in [-0.3, -0.25) is 4.68 Å². The van der Waals surface area contributed by atoms with Crippen LogP contribution in [0.5, 0.6) is 0 Å². The Bertz CT molecular complexity index is 876. The molecular formula is C17H13Cl2FN4S. The van der Waals surface area contributed by atoms with Crippen LogP contribution >= 0.6 is 35.4 Å². The molecule has 3 aromatic rings. The largest absolute Gasteiger partial charge is 0.332 e. The predicted molar refractivity (Wildman–Crippen MR) is 104 cm³/mol. The molecule has 2 aromatic carbocycles. The maximum atomic E-state index is 13.8. The van der Waals surface area contributed by atoms with Crippen LogP contribution in [0.3, 0.4) is 0 Å². The summed E-state index contributed by atoms with van der Waals surface area (Å²) in [5, 5.41) is 11.7. The zero-order valence-corrected chi connectivity index (χ0v) is 15.2. The van der Waals surface area contributed by atoms with Crippen molar-refractivity contribution in [3.8, 4) is 0 Å². The van der Waals surface area contributed by atoms with Crippen molar-refractivity contribution < 1.29 is 4.39 Å². The number of thiocarbonyl (C=S) groups is 1. The maximum absolute atomic E-state index is 13.8. The summed E-state index contributed by atoms with van der Waals surface area (Å²) >= 11 is 17.1. The van der Waals surface area contributed by atoms with Crippen LogP contribution in [0.4, 0.5) is 15.8 Å². The van der Waals surface area contributed by atoms with Crippen molar-refractivity contribution in [3.05, 3.63) is 76.3 Å². The van der Waals surface area contributed by atoms with Crippen molar-refractivity contribution in [3.63, 3.8) is 0 Å². The van der Waals surface area contributed by atoms with Crippen LogP contribution in [0.25, 0.3) is 0 Å². The Morgan fingerprint density at radius 2 is 1.80 bits per heavy atom. The Hall–Kier alpha value is -2.15. The molecule has 8 heteroatoms. The van der Waals surface area contributed by atoms with E-state index >= 15 is 0 Å². The Balaban J connectivity index is 1.63. The average Bonchev–Trinajstić information content (AvgIpc) is 3.00.